The molecule has 1 aliphatic heterocycles. The normalized spacial score (nSPS) is 36.0. The Kier molecular flexibility index (Phi) is 4.45. The summed E-state index contributed by atoms with van der Waals surface area (Å²) in [6.45, 7) is 5.02. The number of aliphatic carboxylic acids is 1. The van der Waals surface area contributed by atoms with Crippen LogP contribution in [-0.2, 0) is 14.3 Å². The van der Waals surface area contributed by atoms with E-state index in [1.807, 2.05) is 18.7 Å². The fourth-order valence-corrected chi connectivity index (χ4v) is 3.15. The van der Waals surface area contributed by atoms with E-state index in [9.17, 15) is 14.7 Å². The van der Waals surface area contributed by atoms with Crippen molar-refractivity contribution in [2.45, 2.75) is 51.7 Å². The standard InChI is InChI=1S/C14H23NO4/c1-9-8-19-10(2)7-15(9)13(16)11-5-3-4-6-12(11)14(17)18/h9-12H,3-8H2,1-2H3,(H,17,18). The van der Waals surface area contributed by atoms with E-state index < -0.39 is 11.9 Å². The monoisotopic (exact) mass is 269 g/mol. The van der Waals surface area contributed by atoms with Crippen LogP contribution in [0.25, 0.3) is 0 Å². The van der Waals surface area contributed by atoms with Crippen molar-refractivity contribution in [3.8, 4) is 0 Å². The topological polar surface area (TPSA) is 66.8 Å². The molecule has 1 amide bonds. The van der Waals surface area contributed by atoms with E-state index in [-0.39, 0.29) is 24.0 Å². The van der Waals surface area contributed by atoms with Crippen LogP contribution in [0.1, 0.15) is 39.5 Å². The summed E-state index contributed by atoms with van der Waals surface area (Å²) in [5.41, 5.74) is 0. The first-order chi connectivity index (χ1) is 9.00. The number of amides is 1. The van der Waals surface area contributed by atoms with E-state index in [0.29, 0.717) is 26.0 Å². The molecule has 1 heterocycles. The van der Waals surface area contributed by atoms with Crippen molar-refractivity contribution in [2.75, 3.05) is 13.2 Å². The molecule has 2 rings (SSSR count). The number of carboxylic acids is 1. The van der Waals surface area contributed by atoms with Gasteiger partial charge in [-0.3, -0.25) is 9.59 Å². The number of morpholine rings is 1. The maximum Gasteiger partial charge on any atom is 0.307 e. The maximum absolute atomic E-state index is 12.6. The number of carbonyl (C=O) groups excluding carboxylic acids is 1. The zero-order valence-corrected chi connectivity index (χ0v) is 11.7. The minimum atomic E-state index is -0.827. The third-order valence-electron chi connectivity index (χ3n) is 4.29. The summed E-state index contributed by atoms with van der Waals surface area (Å²) in [5, 5.41) is 9.28. The Morgan fingerprint density at radius 2 is 1.79 bits per heavy atom. The smallest absolute Gasteiger partial charge is 0.307 e. The van der Waals surface area contributed by atoms with Gasteiger partial charge in [-0.25, -0.2) is 0 Å². The van der Waals surface area contributed by atoms with Gasteiger partial charge >= 0.3 is 5.97 Å². The lowest BCUT2D eigenvalue weighted by molar-refractivity contribution is -0.158. The number of hydrogen-bond acceptors (Lipinski definition) is 3. The Morgan fingerprint density at radius 1 is 1.16 bits per heavy atom. The highest BCUT2D eigenvalue weighted by Crippen LogP contribution is 2.32. The number of carbonyl (C=O) groups is 2. The van der Waals surface area contributed by atoms with Crippen LogP contribution in [-0.4, -0.2) is 47.2 Å². The molecular weight excluding hydrogens is 246 g/mol. The molecule has 1 saturated heterocycles. The van der Waals surface area contributed by atoms with Gasteiger partial charge in [-0.05, 0) is 26.7 Å². The molecule has 1 N–H and O–H groups in total. The molecule has 0 bridgehead atoms. The van der Waals surface area contributed by atoms with Crippen molar-refractivity contribution in [3.63, 3.8) is 0 Å². The lowest BCUT2D eigenvalue weighted by Crippen LogP contribution is -2.53. The van der Waals surface area contributed by atoms with Crippen molar-refractivity contribution >= 4 is 11.9 Å². The molecule has 5 heteroatoms. The summed E-state index contributed by atoms with van der Waals surface area (Å²) in [4.78, 5) is 25.8. The summed E-state index contributed by atoms with van der Waals surface area (Å²) < 4.78 is 5.52. The van der Waals surface area contributed by atoms with Crippen molar-refractivity contribution < 1.29 is 19.4 Å². The van der Waals surface area contributed by atoms with Gasteiger partial charge in [-0.1, -0.05) is 12.8 Å². The second kappa shape index (κ2) is 5.90. The average Bonchev–Trinajstić information content (AvgIpc) is 2.40. The summed E-state index contributed by atoms with van der Waals surface area (Å²) in [6.07, 6.45) is 3.23. The first-order valence-electron chi connectivity index (χ1n) is 7.15. The molecular formula is C14H23NO4. The number of nitrogens with zero attached hydrogens (tertiary/aromatic N) is 1. The second-order valence-corrected chi connectivity index (χ2v) is 5.82. The molecule has 0 aromatic carbocycles. The van der Waals surface area contributed by atoms with Gasteiger partial charge in [0.15, 0.2) is 0 Å². The van der Waals surface area contributed by atoms with Crippen molar-refractivity contribution in [1.82, 2.24) is 4.90 Å². The highest BCUT2D eigenvalue weighted by Gasteiger charge is 2.40. The summed E-state index contributed by atoms with van der Waals surface area (Å²) >= 11 is 0. The Bertz CT molecular complexity index is 357. The van der Waals surface area contributed by atoms with Gasteiger partial charge in [0.2, 0.25) is 5.91 Å². The predicted molar refractivity (Wildman–Crippen MR) is 69.7 cm³/mol. The first-order valence-corrected chi connectivity index (χ1v) is 7.15. The number of carboxylic acid groups (broad SMARTS) is 1. The molecule has 0 radical (unpaired) electrons. The molecule has 2 aliphatic rings. The lowest BCUT2D eigenvalue weighted by atomic mass is 9.78. The van der Waals surface area contributed by atoms with E-state index >= 15 is 0 Å². The van der Waals surface area contributed by atoms with Gasteiger partial charge in [0.05, 0.1) is 30.6 Å². The van der Waals surface area contributed by atoms with Gasteiger partial charge in [-0.15, -0.1) is 0 Å². The van der Waals surface area contributed by atoms with Crippen LogP contribution in [0.5, 0.6) is 0 Å². The molecule has 0 aromatic heterocycles. The first kappa shape index (κ1) is 14.3. The van der Waals surface area contributed by atoms with E-state index in [1.165, 1.54) is 0 Å². The van der Waals surface area contributed by atoms with Gasteiger partial charge in [0, 0.05) is 6.54 Å². The molecule has 5 nitrogen and oxygen atoms in total. The fraction of sp³-hybridized carbons (Fsp3) is 0.857. The molecule has 0 spiro atoms. The molecule has 1 aliphatic carbocycles. The van der Waals surface area contributed by atoms with Crippen LogP contribution in [0.15, 0.2) is 0 Å². The SMILES string of the molecule is CC1CN(C(=O)C2CCCCC2C(=O)O)C(C)CO1. The fourth-order valence-electron chi connectivity index (χ4n) is 3.15. The third-order valence-corrected chi connectivity index (χ3v) is 4.29. The molecule has 19 heavy (non-hydrogen) atoms. The summed E-state index contributed by atoms with van der Waals surface area (Å²) in [7, 11) is 0. The number of rotatable bonds is 2. The highest BCUT2D eigenvalue weighted by molar-refractivity contribution is 5.85. The third kappa shape index (κ3) is 3.08. The van der Waals surface area contributed by atoms with E-state index in [1.54, 1.807) is 0 Å². The number of hydrogen-bond donors (Lipinski definition) is 1. The maximum atomic E-state index is 12.6. The zero-order chi connectivity index (χ0) is 14.0. The minimum absolute atomic E-state index is 0.00903. The van der Waals surface area contributed by atoms with Gasteiger partial charge < -0.3 is 14.7 Å². The summed E-state index contributed by atoms with van der Waals surface area (Å²) in [6, 6.07) is 0.0417. The Labute approximate surface area is 113 Å². The lowest BCUT2D eigenvalue weighted by Gasteiger charge is -2.40. The van der Waals surface area contributed by atoms with Crippen LogP contribution in [0.3, 0.4) is 0 Å². The van der Waals surface area contributed by atoms with Crippen molar-refractivity contribution in [1.29, 1.82) is 0 Å². The molecule has 1 saturated carbocycles. The molecule has 4 atom stereocenters. The average molecular weight is 269 g/mol. The van der Waals surface area contributed by atoms with Crippen LogP contribution in [0.2, 0.25) is 0 Å². The quantitative estimate of drug-likeness (QED) is 0.825. The molecule has 108 valence electrons. The van der Waals surface area contributed by atoms with Crippen LogP contribution >= 0.6 is 0 Å². The van der Waals surface area contributed by atoms with E-state index in [4.69, 9.17) is 4.74 Å². The number of ether oxygens (including phenoxy) is 1. The highest BCUT2D eigenvalue weighted by atomic mass is 16.5. The Morgan fingerprint density at radius 3 is 2.42 bits per heavy atom. The minimum Gasteiger partial charge on any atom is -0.481 e. The largest absolute Gasteiger partial charge is 0.481 e. The predicted octanol–water partition coefficient (Wildman–Crippen LogP) is 1.51. The van der Waals surface area contributed by atoms with Gasteiger partial charge in [-0.2, -0.15) is 0 Å². The molecule has 4 unspecified atom stereocenters. The van der Waals surface area contributed by atoms with E-state index in [0.717, 1.165) is 12.8 Å². The van der Waals surface area contributed by atoms with Crippen molar-refractivity contribution in [3.05, 3.63) is 0 Å². The van der Waals surface area contributed by atoms with Crippen LogP contribution in [0, 0.1) is 11.8 Å². The molecule has 2 fully saturated rings. The van der Waals surface area contributed by atoms with Gasteiger partial charge in [0.1, 0.15) is 0 Å². The Hall–Kier alpha value is -1.10. The molecule has 0 aromatic rings. The zero-order valence-electron chi connectivity index (χ0n) is 11.7. The summed E-state index contributed by atoms with van der Waals surface area (Å²) in [5.74, 6) is -1.67. The van der Waals surface area contributed by atoms with Gasteiger partial charge in [0.25, 0.3) is 0 Å². The van der Waals surface area contributed by atoms with E-state index in [2.05, 4.69) is 0 Å². The van der Waals surface area contributed by atoms with Crippen LogP contribution in [0.4, 0.5) is 0 Å². The second-order valence-electron chi connectivity index (χ2n) is 5.82. The van der Waals surface area contributed by atoms with Crippen LogP contribution < -0.4 is 0 Å². The Balaban J connectivity index is 2.10. The van der Waals surface area contributed by atoms with Crippen molar-refractivity contribution in [2.24, 2.45) is 11.8 Å².